The van der Waals surface area contributed by atoms with Crippen LogP contribution >= 0.6 is 0 Å². The van der Waals surface area contributed by atoms with Gasteiger partial charge in [-0.15, -0.1) is 0 Å². The predicted molar refractivity (Wildman–Crippen MR) is 180 cm³/mol. The van der Waals surface area contributed by atoms with E-state index in [0.29, 0.717) is 12.8 Å². The van der Waals surface area contributed by atoms with Crippen LogP contribution < -0.4 is 0 Å². The fourth-order valence-corrected chi connectivity index (χ4v) is 8.10. The lowest BCUT2D eigenvalue weighted by atomic mass is 9.49. The van der Waals surface area contributed by atoms with Gasteiger partial charge in [-0.05, 0) is 114 Å². The fourth-order valence-electron chi connectivity index (χ4n) is 8.10. The molecule has 45 heavy (non-hydrogen) atoms. The minimum Gasteiger partial charge on any atom is -0.465 e. The first kappa shape index (κ1) is 37.3. The second-order valence-corrected chi connectivity index (χ2v) is 14.7. The van der Waals surface area contributed by atoms with Crippen LogP contribution in [0.25, 0.3) is 0 Å². The molecule has 0 spiro atoms. The molecular weight excluding hydrogens is 566 g/mol. The Kier molecular flexibility index (Phi) is 17.3. The van der Waals surface area contributed by atoms with Crippen LogP contribution in [-0.2, 0) is 28.6 Å². The molecule has 4 aliphatic rings. The van der Waals surface area contributed by atoms with Gasteiger partial charge in [0.15, 0.2) is 0 Å². The molecular formula is C38H63NO6. The van der Waals surface area contributed by atoms with Gasteiger partial charge >= 0.3 is 17.9 Å². The quantitative estimate of drug-likeness (QED) is 0.0461. The Balaban J connectivity index is 1.28. The molecule has 1 unspecified atom stereocenters. The third-order valence-electron chi connectivity index (χ3n) is 9.90. The van der Waals surface area contributed by atoms with E-state index in [0.717, 1.165) is 69.1 Å². The summed E-state index contributed by atoms with van der Waals surface area (Å²) >= 11 is 0. The highest BCUT2D eigenvalue weighted by atomic mass is 16.6. The molecule has 7 heteroatoms. The molecule has 256 valence electrons. The lowest BCUT2D eigenvalue weighted by Gasteiger charge is -2.56. The second kappa shape index (κ2) is 20.9. The highest BCUT2D eigenvalue weighted by Gasteiger charge is 2.51. The zero-order valence-electron chi connectivity index (χ0n) is 28.8. The standard InChI is InChI=1S/C38H63NO6/c1-4-5-6-7-8-9-10-11-12-13-14-15-16-17-18-19-35(40)43-28-34(30-45-37(42)27-39(2)3)29-44-36(41)26-38-23-31-20-32(24-38)22-33(21-31)25-38/h8-9,11-12,31-34H,4-7,10,13-30H2,1-3H3/b9-8-,12-11-. The van der Waals surface area contributed by atoms with E-state index in [9.17, 15) is 14.4 Å². The van der Waals surface area contributed by atoms with Gasteiger partial charge in [0, 0.05) is 6.42 Å². The SMILES string of the molecule is CCCCC/C=C\C/C=C\CCCCCCCC(=O)OCC(COC(=O)CN(C)C)COC(=O)CC12CC3CC(CC(C3)C1)C2. The summed E-state index contributed by atoms with van der Waals surface area (Å²) in [7, 11) is 3.61. The largest absolute Gasteiger partial charge is 0.465 e. The Morgan fingerprint density at radius 2 is 1.20 bits per heavy atom. The predicted octanol–water partition coefficient (Wildman–Crippen LogP) is 8.21. The number of nitrogens with zero attached hydrogens (tertiary/aromatic N) is 1. The summed E-state index contributed by atoms with van der Waals surface area (Å²) in [5.41, 5.74) is 0.119. The lowest BCUT2D eigenvalue weighted by molar-refractivity contribution is -0.157. The van der Waals surface area contributed by atoms with E-state index in [1.165, 1.54) is 57.8 Å². The molecule has 4 saturated carbocycles. The van der Waals surface area contributed by atoms with Gasteiger partial charge in [0.2, 0.25) is 0 Å². The monoisotopic (exact) mass is 629 g/mol. The summed E-state index contributed by atoms with van der Waals surface area (Å²) in [6.07, 6.45) is 29.9. The van der Waals surface area contributed by atoms with E-state index in [1.807, 2.05) is 0 Å². The third-order valence-corrected chi connectivity index (χ3v) is 9.90. The molecule has 7 nitrogen and oxygen atoms in total. The summed E-state index contributed by atoms with van der Waals surface area (Å²) < 4.78 is 16.7. The molecule has 0 N–H and O–H groups in total. The van der Waals surface area contributed by atoms with Gasteiger partial charge in [-0.1, -0.05) is 63.3 Å². The van der Waals surface area contributed by atoms with Gasteiger partial charge in [-0.3, -0.25) is 19.3 Å². The molecule has 4 aliphatic carbocycles. The van der Waals surface area contributed by atoms with Crippen molar-refractivity contribution in [1.29, 1.82) is 0 Å². The van der Waals surface area contributed by atoms with Crippen LogP contribution in [0.1, 0.15) is 129 Å². The molecule has 1 atom stereocenters. The van der Waals surface area contributed by atoms with Crippen molar-refractivity contribution in [1.82, 2.24) is 4.90 Å². The molecule has 0 aliphatic heterocycles. The Bertz CT molecular complexity index is 905. The smallest absolute Gasteiger partial charge is 0.320 e. The number of allylic oxidation sites excluding steroid dienone is 4. The minimum atomic E-state index is -0.370. The van der Waals surface area contributed by atoms with E-state index in [2.05, 4.69) is 31.2 Å². The third kappa shape index (κ3) is 15.3. The van der Waals surface area contributed by atoms with E-state index in [1.54, 1.807) is 19.0 Å². The molecule has 0 heterocycles. The topological polar surface area (TPSA) is 82.1 Å². The number of hydrogen-bond acceptors (Lipinski definition) is 7. The van der Waals surface area contributed by atoms with Crippen molar-refractivity contribution >= 4 is 17.9 Å². The Labute approximate surface area is 273 Å². The van der Waals surface area contributed by atoms with Gasteiger partial charge < -0.3 is 14.2 Å². The molecule has 0 saturated heterocycles. The normalized spacial score (nSPS) is 24.5. The number of unbranched alkanes of at least 4 members (excludes halogenated alkanes) is 8. The zero-order valence-corrected chi connectivity index (χ0v) is 28.8. The van der Waals surface area contributed by atoms with Crippen LogP contribution in [0.4, 0.5) is 0 Å². The number of carbonyl (C=O) groups is 3. The van der Waals surface area contributed by atoms with Gasteiger partial charge in [-0.2, -0.15) is 0 Å². The van der Waals surface area contributed by atoms with E-state index >= 15 is 0 Å². The summed E-state index contributed by atoms with van der Waals surface area (Å²) in [5, 5.41) is 0. The number of esters is 3. The highest BCUT2D eigenvalue weighted by Crippen LogP contribution is 2.61. The van der Waals surface area contributed by atoms with Crippen LogP contribution in [0.2, 0.25) is 0 Å². The number of hydrogen-bond donors (Lipinski definition) is 0. The van der Waals surface area contributed by atoms with Crippen molar-refractivity contribution in [3.05, 3.63) is 24.3 Å². The average Bonchev–Trinajstić information content (AvgIpc) is 2.97. The first-order chi connectivity index (χ1) is 21.8. The van der Waals surface area contributed by atoms with Crippen LogP contribution in [0.3, 0.4) is 0 Å². The van der Waals surface area contributed by atoms with E-state index in [4.69, 9.17) is 14.2 Å². The van der Waals surface area contributed by atoms with Crippen LogP contribution in [-0.4, -0.2) is 63.3 Å². The van der Waals surface area contributed by atoms with Crippen molar-refractivity contribution < 1.29 is 28.6 Å². The van der Waals surface area contributed by atoms with Gasteiger partial charge in [0.25, 0.3) is 0 Å². The maximum Gasteiger partial charge on any atom is 0.320 e. The molecule has 4 bridgehead atoms. The summed E-state index contributed by atoms with van der Waals surface area (Å²) in [6, 6.07) is 0. The number of likely N-dealkylation sites (N-methyl/N-ethyl adjacent to an activating group) is 1. The first-order valence-electron chi connectivity index (χ1n) is 18.2. The minimum absolute atomic E-state index is 0.0638. The molecule has 0 aromatic heterocycles. The van der Waals surface area contributed by atoms with Crippen LogP contribution in [0.15, 0.2) is 24.3 Å². The van der Waals surface area contributed by atoms with E-state index < -0.39 is 0 Å². The molecule has 0 aromatic rings. The first-order valence-corrected chi connectivity index (χ1v) is 18.2. The maximum atomic E-state index is 13.0. The van der Waals surface area contributed by atoms with Gasteiger partial charge in [-0.25, -0.2) is 0 Å². The van der Waals surface area contributed by atoms with Gasteiger partial charge in [0.05, 0.1) is 18.9 Å². The van der Waals surface area contributed by atoms with Crippen molar-refractivity contribution in [3.63, 3.8) is 0 Å². The molecule has 0 amide bonds. The lowest BCUT2D eigenvalue weighted by Crippen LogP contribution is -2.47. The fraction of sp³-hybridized carbons (Fsp3) is 0.816. The van der Waals surface area contributed by atoms with Gasteiger partial charge in [0.1, 0.15) is 19.8 Å². The molecule has 4 rings (SSSR count). The van der Waals surface area contributed by atoms with E-state index in [-0.39, 0.29) is 55.6 Å². The molecule has 4 fully saturated rings. The van der Waals surface area contributed by atoms with Crippen LogP contribution in [0.5, 0.6) is 0 Å². The Morgan fingerprint density at radius 3 is 1.78 bits per heavy atom. The average molecular weight is 630 g/mol. The van der Waals surface area contributed by atoms with Crippen molar-refractivity contribution in [2.75, 3.05) is 40.5 Å². The second-order valence-electron chi connectivity index (χ2n) is 14.7. The maximum absolute atomic E-state index is 13.0. The Hall–Kier alpha value is -2.15. The highest BCUT2D eigenvalue weighted by molar-refractivity contribution is 5.72. The molecule has 0 aromatic carbocycles. The number of rotatable bonds is 24. The number of ether oxygens (including phenoxy) is 3. The van der Waals surface area contributed by atoms with Crippen molar-refractivity contribution in [2.24, 2.45) is 29.1 Å². The van der Waals surface area contributed by atoms with Crippen molar-refractivity contribution in [3.8, 4) is 0 Å². The summed E-state index contributed by atoms with van der Waals surface area (Å²) in [6.45, 7) is 2.65. The Morgan fingerprint density at radius 1 is 0.689 bits per heavy atom. The van der Waals surface area contributed by atoms with Crippen molar-refractivity contribution in [2.45, 2.75) is 129 Å². The zero-order chi connectivity index (χ0) is 32.3. The molecule has 0 radical (unpaired) electrons. The van der Waals surface area contributed by atoms with Crippen LogP contribution in [0, 0.1) is 29.1 Å². The number of carbonyl (C=O) groups excluding carboxylic acids is 3. The summed E-state index contributed by atoms with van der Waals surface area (Å²) in [5.74, 6) is 1.22. The summed E-state index contributed by atoms with van der Waals surface area (Å²) in [4.78, 5) is 39.3.